The van der Waals surface area contributed by atoms with E-state index in [4.69, 9.17) is 4.74 Å². The molecule has 1 aliphatic heterocycles. The second-order valence-electron chi connectivity index (χ2n) is 4.69. The number of carbonyl (C=O) groups is 1. The van der Waals surface area contributed by atoms with Crippen LogP contribution in [-0.2, 0) is 0 Å². The Hall–Kier alpha value is -1.68. The summed E-state index contributed by atoms with van der Waals surface area (Å²) in [5, 5.41) is 0. The van der Waals surface area contributed by atoms with E-state index in [2.05, 4.69) is 15.9 Å². The zero-order chi connectivity index (χ0) is 14.1. The minimum absolute atomic E-state index is 0.120. The van der Waals surface area contributed by atoms with Gasteiger partial charge in [-0.25, -0.2) is 4.39 Å². The molecule has 2 nitrogen and oxygen atoms in total. The first-order valence-electron chi connectivity index (χ1n) is 6.38. The lowest BCUT2D eigenvalue weighted by molar-refractivity contribution is 0.0928. The van der Waals surface area contributed by atoms with Crippen molar-refractivity contribution in [3.63, 3.8) is 0 Å². The highest BCUT2D eigenvalue weighted by Gasteiger charge is 2.30. The van der Waals surface area contributed by atoms with Crippen molar-refractivity contribution >= 4 is 21.7 Å². The van der Waals surface area contributed by atoms with Crippen molar-refractivity contribution < 1.29 is 13.9 Å². The third-order valence-corrected chi connectivity index (χ3v) is 4.15. The standard InChI is InChI=1S/C16H12BrFO2/c17-12-5-3-6-13(18)15(12)16(19)11-8-9-20-14-7-2-1-4-10(11)14/h1-7,11H,8-9H2. The predicted molar refractivity (Wildman–Crippen MR) is 77.7 cm³/mol. The summed E-state index contributed by atoms with van der Waals surface area (Å²) < 4.78 is 20.0. The van der Waals surface area contributed by atoms with Crippen LogP contribution in [0.5, 0.6) is 5.75 Å². The van der Waals surface area contributed by atoms with Gasteiger partial charge in [-0.3, -0.25) is 4.79 Å². The Balaban J connectivity index is 2.05. The molecule has 0 aromatic heterocycles. The Morgan fingerprint density at radius 3 is 2.80 bits per heavy atom. The zero-order valence-corrected chi connectivity index (χ0v) is 12.2. The Kier molecular flexibility index (Phi) is 3.57. The molecule has 1 atom stereocenters. The number of carbonyl (C=O) groups excluding carboxylic acids is 1. The van der Waals surface area contributed by atoms with Gasteiger partial charge in [0.2, 0.25) is 0 Å². The van der Waals surface area contributed by atoms with Gasteiger partial charge in [0.1, 0.15) is 11.6 Å². The number of rotatable bonds is 2. The van der Waals surface area contributed by atoms with Crippen LogP contribution in [0, 0.1) is 5.82 Å². The van der Waals surface area contributed by atoms with Crippen LogP contribution in [0.1, 0.15) is 28.3 Å². The van der Waals surface area contributed by atoms with E-state index < -0.39 is 5.82 Å². The summed E-state index contributed by atoms with van der Waals surface area (Å²) in [4.78, 5) is 12.7. The average Bonchev–Trinajstić information content (AvgIpc) is 2.46. The highest BCUT2D eigenvalue weighted by molar-refractivity contribution is 9.10. The first kappa shape index (κ1) is 13.3. The molecular formula is C16H12BrFO2. The number of benzene rings is 2. The molecule has 1 unspecified atom stereocenters. The van der Waals surface area contributed by atoms with Gasteiger partial charge < -0.3 is 4.74 Å². The van der Waals surface area contributed by atoms with Crippen molar-refractivity contribution in [2.45, 2.75) is 12.3 Å². The SMILES string of the molecule is O=C(c1c(F)cccc1Br)C1CCOc2ccccc21. The molecule has 2 aromatic rings. The predicted octanol–water partition coefficient (Wildman–Crippen LogP) is 4.34. The van der Waals surface area contributed by atoms with Crippen molar-refractivity contribution in [1.29, 1.82) is 0 Å². The molecule has 1 aliphatic rings. The molecule has 0 bridgehead atoms. The molecule has 0 saturated carbocycles. The van der Waals surface area contributed by atoms with Gasteiger partial charge in [-0.1, -0.05) is 24.3 Å². The van der Waals surface area contributed by atoms with Crippen LogP contribution in [-0.4, -0.2) is 12.4 Å². The maximum Gasteiger partial charge on any atom is 0.174 e. The number of fused-ring (bicyclic) bond motifs is 1. The van der Waals surface area contributed by atoms with Crippen LogP contribution in [0.25, 0.3) is 0 Å². The van der Waals surface area contributed by atoms with Crippen LogP contribution in [0.4, 0.5) is 4.39 Å². The number of halogens is 2. The Bertz CT molecular complexity index is 649. The van der Waals surface area contributed by atoms with Gasteiger partial charge in [0.15, 0.2) is 5.78 Å². The lowest BCUT2D eigenvalue weighted by Gasteiger charge is -2.25. The van der Waals surface area contributed by atoms with Crippen molar-refractivity contribution in [3.05, 3.63) is 63.9 Å². The number of ketones is 1. The van der Waals surface area contributed by atoms with Gasteiger partial charge >= 0.3 is 0 Å². The first-order valence-corrected chi connectivity index (χ1v) is 7.17. The Morgan fingerprint density at radius 2 is 2.00 bits per heavy atom. The van der Waals surface area contributed by atoms with Crippen LogP contribution in [0.3, 0.4) is 0 Å². The molecule has 102 valence electrons. The minimum Gasteiger partial charge on any atom is -0.493 e. The highest BCUT2D eigenvalue weighted by Crippen LogP contribution is 2.37. The number of para-hydroxylation sites is 1. The quantitative estimate of drug-likeness (QED) is 0.764. The smallest absolute Gasteiger partial charge is 0.174 e. The second kappa shape index (κ2) is 5.37. The minimum atomic E-state index is -0.492. The summed E-state index contributed by atoms with van der Waals surface area (Å²) in [6.07, 6.45) is 0.566. The molecular weight excluding hydrogens is 323 g/mol. The molecule has 0 aliphatic carbocycles. The fourth-order valence-corrected chi connectivity index (χ4v) is 3.06. The van der Waals surface area contributed by atoms with E-state index in [0.717, 1.165) is 5.56 Å². The number of hydrogen-bond acceptors (Lipinski definition) is 2. The van der Waals surface area contributed by atoms with E-state index in [1.54, 1.807) is 12.1 Å². The van der Waals surface area contributed by atoms with Crippen LogP contribution in [0.2, 0.25) is 0 Å². The van der Waals surface area contributed by atoms with Gasteiger partial charge in [-0.2, -0.15) is 0 Å². The second-order valence-corrected chi connectivity index (χ2v) is 5.54. The van der Waals surface area contributed by atoms with Gasteiger partial charge in [0.25, 0.3) is 0 Å². The van der Waals surface area contributed by atoms with Gasteiger partial charge in [0, 0.05) is 10.0 Å². The van der Waals surface area contributed by atoms with Gasteiger partial charge in [-0.15, -0.1) is 0 Å². The van der Waals surface area contributed by atoms with Crippen molar-refractivity contribution in [3.8, 4) is 5.75 Å². The van der Waals surface area contributed by atoms with Crippen LogP contribution < -0.4 is 4.74 Å². The fourth-order valence-electron chi connectivity index (χ4n) is 2.52. The summed E-state index contributed by atoms with van der Waals surface area (Å²) in [5.74, 6) is -0.336. The fraction of sp³-hybridized carbons (Fsp3) is 0.188. The molecule has 0 fully saturated rings. The largest absolute Gasteiger partial charge is 0.493 e. The number of hydrogen-bond donors (Lipinski definition) is 0. The first-order chi connectivity index (χ1) is 9.68. The van der Waals surface area contributed by atoms with Crippen molar-refractivity contribution in [2.75, 3.05) is 6.61 Å². The molecule has 0 spiro atoms. The van der Waals surface area contributed by atoms with E-state index in [1.165, 1.54) is 6.07 Å². The zero-order valence-electron chi connectivity index (χ0n) is 10.6. The van der Waals surface area contributed by atoms with E-state index in [1.807, 2.05) is 24.3 Å². The molecule has 2 aromatic carbocycles. The summed E-state index contributed by atoms with van der Waals surface area (Å²) in [6.45, 7) is 0.472. The Morgan fingerprint density at radius 1 is 1.20 bits per heavy atom. The lowest BCUT2D eigenvalue weighted by Crippen LogP contribution is -2.22. The van der Waals surface area contributed by atoms with Gasteiger partial charge in [0.05, 0.1) is 18.1 Å². The van der Waals surface area contributed by atoms with E-state index in [0.29, 0.717) is 23.2 Å². The highest BCUT2D eigenvalue weighted by atomic mass is 79.9. The monoisotopic (exact) mass is 334 g/mol. The molecule has 3 rings (SSSR count). The number of ether oxygens (including phenoxy) is 1. The van der Waals surface area contributed by atoms with E-state index >= 15 is 0 Å². The van der Waals surface area contributed by atoms with E-state index in [9.17, 15) is 9.18 Å². The van der Waals surface area contributed by atoms with Gasteiger partial charge in [-0.05, 0) is 40.5 Å². The summed E-state index contributed by atoms with van der Waals surface area (Å²) in [7, 11) is 0. The number of Topliss-reactive ketones (excluding diaryl/α,β-unsaturated/α-hetero) is 1. The van der Waals surface area contributed by atoms with Crippen molar-refractivity contribution in [1.82, 2.24) is 0 Å². The van der Waals surface area contributed by atoms with E-state index in [-0.39, 0.29) is 17.3 Å². The maximum absolute atomic E-state index is 13.9. The topological polar surface area (TPSA) is 26.3 Å². The maximum atomic E-state index is 13.9. The van der Waals surface area contributed by atoms with Crippen LogP contribution >= 0.6 is 15.9 Å². The molecule has 1 heterocycles. The molecule has 20 heavy (non-hydrogen) atoms. The molecule has 0 radical (unpaired) electrons. The Labute approximate surface area is 124 Å². The summed E-state index contributed by atoms with van der Waals surface area (Å²) in [5.41, 5.74) is 0.952. The summed E-state index contributed by atoms with van der Waals surface area (Å²) in [6, 6.07) is 12.0. The third-order valence-electron chi connectivity index (χ3n) is 3.48. The summed E-state index contributed by atoms with van der Waals surface area (Å²) >= 11 is 3.26. The van der Waals surface area contributed by atoms with Crippen LogP contribution in [0.15, 0.2) is 46.9 Å². The average molecular weight is 335 g/mol. The molecule has 0 N–H and O–H groups in total. The molecule has 0 amide bonds. The van der Waals surface area contributed by atoms with Crippen molar-refractivity contribution in [2.24, 2.45) is 0 Å². The molecule has 4 heteroatoms. The molecule has 0 saturated heterocycles. The normalized spacial score (nSPS) is 17.2. The third kappa shape index (κ3) is 2.24. The lowest BCUT2D eigenvalue weighted by atomic mass is 9.86.